The standard InChI is InChI=1S/C2H4Cl2O.O.V/c3-1-2(4)5;;/h2,5H,1H2;;. The van der Waals surface area contributed by atoms with Crippen LogP contribution >= 0.6 is 23.2 Å². The topological polar surface area (TPSA) is 37.3 Å². The van der Waals surface area contributed by atoms with E-state index in [0.717, 1.165) is 17.4 Å². The fourth-order valence-corrected chi connectivity index (χ4v) is 0. The molecule has 7 heavy (non-hydrogen) atoms. The van der Waals surface area contributed by atoms with E-state index < -0.39 is 5.56 Å². The van der Waals surface area contributed by atoms with Crippen LogP contribution in [0.5, 0.6) is 0 Å². The summed E-state index contributed by atoms with van der Waals surface area (Å²) >= 11 is 10.9. The molecule has 0 aliphatic heterocycles. The van der Waals surface area contributed by atoms with E-state index in [9.17, 15) is 0 Å². The number of hydrogen-bond donors (Lipinski definition) is 1. The second kappa shape index (κ2) is 10.0. The molecule has 1 unspecified atom stereocenters. The molecular formula is C2H4Cl2O2V. The summed E-state index contributed by atoms with van der Waals surface area (Å²) in [5.41, 5.74) is -0.878. The summed E-state index contributed by atoms with van der Waals surface area (Å²) in [5, 5.41) is 7.99. The van der Waals surface area contributed by atoms with E-state index in [1.54, 1.807) is 0 Å². The summed E-state index contributed by atoms with van der Waals surface area (Å²) in [7, 11) is 0. The molecule has 0 aliphatic carbocycles. The average Bonchev–Trinajstić information content (AvgIpc) is 1.73. The predicted molar refractivity (Wildman–Crippen MR) is 23.3 cm³/mol. The molecule has 0 amide bonds. The Kier molecular flexibility index (Phi) is 15.5. The Balaban J connectivity index is 0. The van der Waals surface area contributed by atoms with Crippen LogP contribution in [0, 0.1) is 0 Å². The number of aliphatic hydroxyl groups excluding tert-OH is 1. The number of alkyl halides is 2. The second-order valence-electron chi connectivity index (χ2n) is 0.589. The summed E-state index contributed by atoms with van der Waals surface area (Å²) in [4.78, 5) is 0. The van der Waals surface area contributed by atoms with Gasteiger partial charge in [0.05, 0.1) is 5.88 Å². The van der Waals surface area contributed by atoms with Crippen LogP contribution in [0.4, 0.5) is 0 Å². The third kappa shape index (κ3) is 19.6. The molecular weight excluding hydrogens is 178 g/mol. The molecule has 2 nitrogen and oxygen atoms in total. The Morgan fingerprint density at radius 2 is 1.86 bits per heavy atom. The summed E-state index contributed by atoms with van der Waals surface area (Å²) < 4.78 is 8.19. The fourth-order valence-electron chi connectivity index (χ4n) is 0. The van der Waals surface area contributed by atoms with Gasteiger partial charge < -0.3 is 5.11 Å². The van der Waals surface area contributed by atoms with Crippen LogP contribution in [0.2, 0.25) is 0 Å². The van der Waals surface area contributed by atoms with E-state index in [4.69, 9.17) is 32.0 Å². The van der Waals surface area contributed by atoms with Crippen LogP contribution in [0.25, 0.3) is 0 Å². The molecule has 0 radical (unpaired) electrons. The van der Waals surface area contributed by atoms with E-state index in [1.165, 1.54) is 0 Å². The molecule has 0 bridgehead atoms. The zero-order valence-corrected chi connectivity index (χ0v) is 6.25. The van der Waals surface area contributed by atoms with Gasteiger partial charge in [-0.05, 0) is 0 Å². The van der Waals surface area contributed by atoms with Gasteiger partial charge in [0.25, 0.3) is 0 Å². The summed E-state index contributed by atoms with van der Waals surface area (Å²) in [5.74, 6) is 0.0988. The van der Waals surface area contributed by atoms with Crippen molar-refractivity contribution in [1.29, 1.82) is 0 Å². The summed E-state index contributed by atoms with van der Waals surface area (Å²) in [6.07, 6.45) is 0. The first-order chi connectivity index (χ1) is 3.27. The van der Waals surface area contributed by atoms with Crippen LogP contribution in [0.3, 0.4) is 0 Å². The van der Waals surface area contributed by atoms with Gasteiger partial charge in [-0.1, -0.05) is 11.6 Å². The van der Waals surface area contributed by atoms with Gasteiger partial charge in [0.2, 0.25) is 0 Å². The predicted octanol–water partition coefficient (Wildman–Crippen LogP) is 0.661. The van der Waals surface area contributed by atoms with Gasteiger partial charge in [0, 0.05) is 0 Å². The maximum atomic E-state index is 8.19. The van der Waals surface area contributed by atoms with Gasteiger partial charge in [-0.25, -0.2) is 0 Å². The van der Waals surface area contributed by atoms with Crippen LogP contribution in [-0.4, -0.2) is 16.5 Å². The van der Waals surface area contributed by atoms with Crippen molar-refractivity contribution in [2.45, 2.75) is 5.56 Å². The Labute approximate surface area is 61.0 Å². The molecule has 0 heterocycles. The molecule has 43 valence electrons. The summed E-state index contributed by atoms with van der Waals surface area (Å²) in [6, 6.07) is 0. The molecule has 0 fully saturated rings. The molecule has 0 aromatic carbocycles. The first kappa shape index (κ1) is 10.8. The van der Waals surface area contributed by atoms with Gasteiger partial charge in [-0.2, -0.15) is 0 Å². The first-order valence-electron chi connectivity index (χ1n) is 1.33. The van der Waals surface area contributed by atoms with Crippen molar-refractivity contribution in [3.05, 3.63) is 0 Å². The van der Waals surface area contributed by atoms with Crippen molar-refractivity contribution < 1.29 is 26.1 Å². The molecule has 1 atom stereocenters. The molecule has 0 aromatic heterocycles. The van der Waals surface area contributed by atoms with E-state index in [-0.39, 0.29) is 5.88 Å². The van der Waals surface area contributed by atoms with E-state index in [1.807, 2.05) is 0 Å². The Morgan fingerprint density at radius 1 is 1.71 bits per heavy atom. The van der Waals surface area contributed by atoms with Crippen LogP contribution in [-0.2, 0) is 21.0 Å². The van der Waals surface area contributed by atoms with E-state index >= 15 is 0 Å². The van der Waals surface area contributed by atoms with Crippen LogP contribution in [0.1, 0.15) is 0 Å². The second-order valence-corrected chi connectivity index (χ2v) is 1.40. The van der Waals surface area contributed by atoms with Crippen molar-refractivity contribution in [2.24, 2.45) is 0 Å². The number of aliphatic hydroxyl groups is 1. The molecule has 0 aliphatic rings. The van der Waals surface area contributed by atoms with E-state index in [2.05, 4.69) is 0 Å². The first-order valence-corrected chi connectivity index (χ1v) is 2.88. The molecule has 0 rings (SSSR count). The van der Waals surface area contributed by atoms with Crippen molar-refractivity contribution in [3.8, 4) is 0 Å². The quantitative estimate of drug-likeness (QED) is 0.604. The Bertz CT molecular complexity index is 34.9. The van der Waals surface area contributed by atoms with Crippen molar-refractivity contribution in [2.75, 3.05) is 5.88 Å². The Morgan fingerprint density at radius 3 is 1.86 bits per heavy atom. The molecule has 1 N–H and O–H groups in total. The fraction of sp³-hybridized carbons (Fsp3) is 1.00. The zero-order valence-electron chi connectivity index (χ0n) is 3.34. The van der Waals surface area contributed by atoms with Crippen LogP contribution < -0.4 is 0 Å². The molecule has 0 saturated heterocycles. The SMILES string of the molecule is OC(Cl)CCl.[O]=[V]. The molecule has 0 spiro atoms. The minimum atomic E-state index is -0.878. The Hall–Kier alpha value is 0.924. The average molecular weight is 182 g/mol. The van der Waals surface area contributed by atoms with Crippen molar-refractivity contribution in [1.82, 2.24) is 0 Å². The third-order valence-corrected chi connectivity index (χ3v) is 0.732. The van der Waals surface area contributed by atoms with Gasteiger partial charge in [-0.3, -0.25) is 0 Å². The molecule has 5 heteroatoms. The van der Waals surface area contributed by atoms with Gasteiger partial charge >= 0.3 is 21.0 Å². The third-order valence-electron chi connectivity index (χ3n) is 0.127. The minimum absolute atomic E-state index is 0.0988. The number of rotatable bonds is 1. The van der Waals surface area contributed by atoms with E-state index in [0.29, 0.717) is 0 Å². The van der Waals surface area contributed by atoms with Gasteiger partial charge in [-0.15, -0.1) is 11.6 Å². The monoisotopic (exact) mass is 181 g/mol. The van der Waals surface area contributed by atoms with Crippen LogP contribution in [0.15, 0.2) is 0 Å². The van der Waals surface area contributed by atoms with Gasteiger partial charge in [0.1, 0.15) is 5.56 Å². The number of halogens is 2. The normalized spacial score (nSPS) is 11.1. The van der Waals surface area contributed by atoms with Crippen molar-refractivity contribution >= 4 is 23.2 Å². The molecule has 0 saturated carbocycles. The number of hydrogen-bond acceptors (Lipinski definition) is 2. The maximum absolute atomic E-state index is 8.19. The summed E-state index contributed by atoms with van der Waals surface area (Å²) in [6.45, 7) is 0. The van der Waals surface area contributed by atoms with Crippen molar-refractivity contribution in [3.63, 3.8) is 0 Å². The molecule has 0 aromatic rings. The van der Waals surface area contributed by atoms with Gasteiger partial charge in [0.15, 0.2) is 0 Å². The zero-order chi connectivity index (χ0) is 6.28.